The van der Waals surface area contributed by atoms with E-state index in [2.05, 4.69) is 46.1 Å². The number of aromatic amines is 1. The molecule has 6 aromatic rings. The van der Waals surface area contributed by atoms with Crippen LogP contribution in [0, 0.1) is 5.92 Å². The number of nitrogens with one attached hydrogen (secondary N) is 4. The molecule has 454 valence electrons. The van der Waals surface area contributed by atoms with E-state index in [0.717, 1.165) is 81.2 Å². The number of anilines is 1. The van der Waals surface area contributed by atoms with Gasteiger partial charge in [0.25, 0.3) is 5.91 Å². The maximum Gasteiger partial charge on any atom is 0.410 e. The largest absolute Gasteiger partial charge is 0.494 e. The summed E-state index contributed by atoms with van der Waals surface area (Å²) in [6.07, 6.45) is 13.7. The fourth-order valence-electron chi connectivity index (χ4n) is 10.1. The lowest BCUT2D eigenvalue weighted by Gasteiger charge is -2.36. The predicted molar refractivity (Wildman–Crippen MR) is 322 cm³/mol. The van der Waals surface area contributed by atoms with Crippen LogP contribution in [0.5, 0.6) is 11.5 Å². The number of likely N-dealkylation sites (N-methyl/N-ethyl adjacent to an activating group) is 1. The highest BCUT2D eigenvalue weighted by atomic mass is 32.1. The SMILES string of the molecule is C[C@@H](NC(=O)c1cccc(NCc2nc(-c3ccncn3)n[nH]2)c1)c1cccc(OCCCCCOCCCOCCOc2cccc(C(=O)c3cnc([C@@H]4CCCN4C(=O)[C@@H](NC(=O)[C@H](C)N(C)C(=O)OC(C)(C)C)C4CCCCC4)s3)c2)c1. The molecule has 3 aromatic heterocycles. The number of carbonyl (C=O) groups is 5. The van der Waals surface area contributed by atoms with E-state index < -0.39 is 29.7 Å². The molecular weight excluding hydrogens is 1100 g/mol. The Kier molecular flexibility index (Phi) is 23.3. The summed E-state index contributed by atoms with van der Waals surface area (Å²) in [6, 6.07) is 21.7. The molecule has 4 heterocycles. The number of ketones is 1. The first-order valence-electron chi connectivity index (χ1n) is 29.6. The number of amides is 4. The topological polar surface area (TPSA) is 254 Å². The van der Waals surface area contributed by atoms with Gasteiger partial charge in [0.1, 0.15) is 58.6 Å². The summed E-state index contributed by atoms with van der Waals surface area (Å²) >= 11 is 1.29. The van der Waals surface area contributed by atoms with Crippen molar-refractivity contribution in [3.05, 3.63) is 130 Å². The van der Waals surface area contributed by atoms with Gasteiger partial charge in [0.2, 0.25) is 17.6 Å². The normalized spacial score (nSPS) is 15.6. The molecule has 85 heavy (non-hydrogen) atoms. The Morgan fingerprint density at radius 3 is 2.29 bits per heavy atom. The smallest absolute Gasteiger partial charge is 0.410 e. The van der Waals surface area contributed by atoms with Gasteiger partial charge in [-0.05, 0) is 146 Å². The number of aromatic nitrogens is 6. The van der Waals surface area contributed by atoms with Gasteiger partial charge in [0.05, 0.1) is 36.7 Å². The molecule has 21 nitrogen and oxygen atoms in total. The van der Waals surface area contributed by atoms with Gasteiger partial charge in [-0.25, -0.2) is 24.7 Å². The summed E-state index contributed by atoms with van der Waals surface area (Å²) < 4.78 is 29.2. The van der Waals surface area contributed by atoms with Gasteiger partial charge in [0.15, 0.2) is 5.82 Å². The molecule has 22 heteroatoms. The number of thiazole rings is 1. The summed E-state index contributed by atoms with van der Waals surface area (Å²) in [6.45, 7) is 12.8. The number of hydrogen-bond acceptors (Lipinski definition) is 17. The van der Waals surface area contributed by atoms with Gasteiger partial charge >= 0.3 is 6.09 Å². The van der Waals surface area contributed by atoms with Crippen molar-refractivity contribution in [1.29, 1.82) is 0 Å². The number of unbranched alkanes of at least 4 members (excludes halogenated alkanes) is 2. The van der Waals surface area contributed by atoms with Crippen LogP contribution in [0.25, 0.3) is 11.5 Å². The van der Waals surface area contributed by atoms with Crippen molar-refractivity contribution in [3.8, 4) is 23.0 Å². The molecule has 0 spiro atoms. The Hall–Kier alpha value is -7.82. The monoisotopic (exact) mass is 1180 g/mol. The second-order valence-electron chi connectivity index (χ2n) is 22.5. The molecule has 1 saturated carbocycles. The van der Waals surface area contributed by atoms with Gasteiger partial charge in [-0.2, -0.15) is 5.10 Å². The van der Waals surface area contributed by atoms with E-state index in [9.17, 15) is 24.0 Å². The van der Waals surface area contributed by atoms with Crippen LogP contribution in [-0.2, 0) is 30.3 Å². The first-order valence-corrected chi connectivity index (χ1v) is 30.4. The number of carbonyl (C=O) groups excluding carboxylic acids is 5. The molecule has 2 aliphatic rings. The van der Waals surface area contributed by atoms with Gasteiger partial charge in [-0.1, -0.05) is 49.6 Å². The van der Waals surface area contributed by atoms with Crippen LogP contribution < -0.4 is 25.4 Å². The third-order valence-electron chi connectivity index (χ3n) is 14.9. The molecule has 0 bridgehead atoms. The van der Waals surface area contributed by atoms with Crippen LogP contribution in [0.4, 0.5) is 10.5 Å². The maximum atomic E-state index is 14.5. The highest BCUT2D eigenvalue weighted by Crippen LogP contribution is 2.37. The van der Waals surface area contributed by atoms with Gasteiger partial charge < -0.3 is 44.5 Å². The highest BCUT2D eigenvalue weighted by Gasteiger charge is 2.41. The average Bonchev–Trinajstić information content (AvgIpc) is 3.30. The van der Waals surface area contributed by atoms with E-state index in [1.165, 1.54) is 29.6 Å². The molecule has 4 N–H and O–H groups in total. The fourth-order valence-corrected chi connectivity index (χ4v) is 11.2. The number of ether oxygens (including phenoxy) is 5. The standard InChI is InChI=1S/C63H81N11O10S/c1-42(68-59(77)47-22-13-23-48(36-47)65-40-54-69-57(72-71-54)51-27-28-64-41-67-51)45-20-14-24-49(37-45)82-33-12-8-11-30-80-31-17-32-81-34-35-83-50-25-15-21-46(38-50)56(75)53-39-66-60(85-53)52-26-16-29-74(52)61(78)55(44-18-9-7-10-19-44)70-58(76)43(2)73(6)62(79)84-63(3,4)5/h13-15,20-25,27-28,36-39,41-44,52,55,65H,7-12,16-19,26,29-35,40H2,1-6H3,(H,68,77)(H,70,76)(H,69,71,72)/t42-,43+,52+,55+/m1/s1. The minimum atomic E-state index is -0.861. The molecular formula is C63H81N11O10S. The van der Waals surface area contributed by atoms with E-state index in [1.807, 2.05) is 48.2 Å². The van der Waals surface area contributed by atoms with Gasteiger partial charge in [-0.15, -0.1) is 11.3 Å². The minimum absolute atomic E-state index is 0.0337. The third-order valence-corrected chi connectivity index (χ3v) is 16.0. The Morgan fingerprint density at radius 2 is 1.51 bits per heavy atom. The van der Waals surface area contributed by atoms with Crippen molar-refractivity contribution in [2.24, 2.45) is 5.92 Å². The quantitative estimate of drug-likeness (QED) is 0.0242. The number of rotatable bonds is 30. The van der Waals surface area contributed by atoms with Crippen molar-refractivity contribution in [2.75, 3.05) is 58.6 Å². The third kappa shape index (κ3) is 18.8. The zero-order valence-electron chi connectivity index (χ0n) is 49.7. The summed E-state index contributed by atoms with van der Waals surface area (Å²) in [5.41, 5.74) is 2.60. The molecule has 8 rings (SSSR count). The Balaban J connectivity index is 0.678. The summed E-state index contributed by atoms with van der Waals surface area (Å²) in [5.74, 6) is 1.43. The molecule has 1 saturated heterocycles. The lowest BCUT2D eigenvalue weighted by Crippen LogP contribution is -2.56. The van der Waals surface area contributed by atoms with Crippen molar-refractivity contribution in [1.82, 2.24) is 50.6 Å². The molecule has 4 amide bonds. The molecule has 2 fully saturated rings. The molecule has 4 atom stereocenters. The number of benzene rings is 3. The van der Waals surface area contributed by atoms with Crippen LogP contribution in [0.2, 0.25) is 0 Å². The number of nitrogens with zero attached hydrogens (tertiary/aromatic N) is 7. The van der Waals surface area contributed by atoms with Crippen LogP contribution >= 0.6 is 11.3 Å². The van der Waals surface area contributed by atoms with Crippen molar-refractivity contribution >= 4 is 46.6 Å². The van der Waals surface area contributed by atoms with E-state index in [0.29, 0.717) is 103 Å². The van der Waals surface area contributed by atoms with E-state index >= 15 is 0 Å². The maximum absolute atomic E-state index is 14.5. The molecule has 1 aliphatic heterocycles. The summed E-state index contributed by atoms with van der Waals surface area (Å²) in [4.78, 5) is 88.9. The van der Waals surface area contributed by atoms with E-state index in [1.54, 1.807) is 82.6 Å². The second kappa shape index (κ2) is 31.4. The van der Waals surface area contributed by atoms with Gasteiger partial charge in [-0.3, -0.25) is 29.2 Å². The van der Waals surface area contributed by atoms with Crippen LogP contribution in [0.15, 0.2) is 97.6 Å². The molecule has 3 aromatic carbocycles. The molecule has 1 aliphatic carbocycles. The predicted octanol–water partition coefficient (Wildman–Crippen LogP) is 10.1. The Bertz CT molecular complexity index is 3130. The fraction of sp³-hybridized carbons (Fsp3) is 0.492. The van der Waals surface area contributed by atoms with Crippen LogP contribution in [0.1, 0.15) is 159 Å². The lowest BCUT2D eigenvalue weighted by atomic mass is 9.83. The van der Waals surface area contributed by atoms with Crippen molar-refractivity contribution in [2.45, 2.75) is 142 Å². The average molecular weight is 1180 g/mol. The lowest BCUT2D eigenvalue weighted by molar-refractivity contribution is -0.140. The number of hydrogen-bond donors (Lipinski definition) is 4. The Labute approximate surface area is 501 Å². The van der Waals surface area contributed by atoms with Crippen LogP contribution in [-0.4, -0.2) is 140 Å². The first kappa shape index (κ1) is 63.2. The molecule has 0 unspecified atom stereocenters. The Morgan fingerprint density at radius 1 is 0.776 bits per heavy atom. The van der Waals surface area contributed by atoms with Gasteiger partial charge in [0, 0.05) is 62.6 Å². The minimum Gasteiger partial charge on any atom is -0.494 e. The summed E-state index contributed by atoms with van der Waals surface area (Å²) in [5, 5.41) is 17.3. The second-order valence-corrected chi connectivity index (χ2v) is 23.6. The van der Waals surface area contributed by atoms with Crippen molar-refractivity contribution < 1.29 is 47.7 Å². The summed E-state index contributed by atoms with van der Waals surface area (Å²) in [7, 11) is 1.52. The van der Waals surface area contributed by atoms with E-state index in [4.69, 9.17) is 23.7 Å². The molecule has 0 radical (unpaired) electrons. The zero-order valence-corrected chi connectivity index (χ0v) is 50.5. The van der Waals surface area contributed by atoms with Crippen LogP contribution in [0.3, 0.4) is 0 Å². The van der Waals surface area contributed by atoms with Crippen molar-refractivity contribution in [3.63, 3.8) is 0 Å². The highest BCUT2D eigenvalue weighted by molar-refractivity contribution is 7.14. The number of H-pyrrole nitrogens is 1. The zero-order chi connectivity index (χ0) is 60.1. The number of likely N-dealkylation sites (tertiary alicyclic amines) is 1. The van der Waals surface area contributed by atoms with E-state index in [-0.39, 0.29) is 35.6 Å². The first-order chi connectivity index (χ1) is 41.1.